The van der Waals surface area contributed by atoms with E-state index in [-0.39, 0.29) is 10.2 Å². The molecule has 0 aliphatic carbocycles. The Kier molecular flexibility index (Phi) is 3.83. The molecular formula is C11H10ClN3O2S3. The smallest absolute Gasteiger partial charge is 0.259 e. The fraction of sp³-hybridized carbons (Fsp3) is 0.182. The Labute approximate surface area is 128 Å². The number of nitrogens with zero attached hydrogens (tertiary/aromatic N) is 2. The van der Waals surface area contributed by atoms with E-state index in [0.29, 0.717) is 17.9 Å². The average molecular weight is 348 g/mol. The van der Waals surface area contributed by atoms with E-state index >= 15 is 0 Å². The SMILES string of the molecule is O=S(=O)(NCCc1cccs1)c1c(Cl)nc2sccn12. The molecule has 0 aliphatic heterocycles. The van der Waals surface area contributed by atoms with Crippen molar-refractivity contribution >= 4 is 49.3 Å². The van der Waals surface area contributed by atoms with Crippen molar-refractivity contribution in [2.45, 2.75) is 11.4 Å². The van der Waals surface area contributed by atoms with Crippen LogP contribution in [0.25, 0.3) is 4.96 Å². The highest BCUT2D eigenvalue weighted by Gasteiger charge is 2.24. The summed E-state index contributed by atoms with van der Waals surface area (Å²) in [7, 11) is -3.67. The van der Waals surface area contributed by atoms with Gasteiger partial charge < -0.3 is 0 Å². The first kappa shape index (κ1) is 14.0. The molecule has 0 aromatic carbocycles. The van der Waals surface area contributed by atoms with Gasteiger partial charge in [-0.1, -0.05) is 17.7 Å². The minimum Gasteiger partial charge on any atom is -0.279 e. The second kappa shape index (κ2) is 5.45. The molecule has 0 amide bonds. The second-order valence-corrected chi connectivity index (χ2v) is 7.94. The van der Waals surface area contributed by atoms with Crippen molar-refractivity contribution in [1.82, 2.24) is 14.1 Å². The summed E-state index contributed by atoms with van der Waals surface area (Å²) in [6.07, 6.45) is 2.30. The number of fused-ring (bicyclic) bond motifs is 1. The molecule has 0 fully saturated rings. The molecule has 0 unspecified atom stereocenters. The van der Waals surface area contributed by atoms with Gasteiger partial charge in [0.05, 0.1) is 0 Å². The summed E-state index contributed by atoms with van der Waals surface area (Å²) in [6.45, 7) is 0.330. The molecule has 3 rings (SSSR count). The largest absolute Gasteiger partial charge is 0.279 e. The Morgan fingerprint density at radius 1 is 1.35 bits per heavy atom. The van der Waals surface area contributed by atoms with E-state index in [2.05, 4.69) is 9.71 Å². The molecule has 3 heterocycles. The van der Waals surface area contributed by atoms with E-state index in [1.165, 1.54) is 15.7 Å². The van der Waals surface area contributed by atoms with Gasteiger partial charge in [-0.15, -0.1) is 22.7 Å². The molecule has 0 saturated carbocycles. The van der Waals surface area contributed by atoms with Crippen LogP contribution in [-0.4, -0.2) is 24.3 Å². The molecule has 20 heavy (non-hydrogen) atoms. The molecule has 0 spiro atoms. The quantitative estimate of drug-likeness (QED) is 0.771. The molecule has 0 saturated heterocycles. The number of hydrogen-bond acceptors (Lipinski definition) is 5. The Bertz CT molecular complexity index is 820. The third-order valence-electron chi connectivity index (χ3n) is 2.68. The Morgan fingerprint density at radius 2 is 2.20 bits per heavy atom. The van der Waals surface area contributed by atoms with Crippen LogP contribution in [0.15, 0.2) is 34.1 Å². The second-order valence-electron chi connectivity index (χ2n) is 3.99. The van der Waals surface area contributed by atoms with Crippen molar-refractivity contribution in [3.8, 4) is 0 Å². The van der Waals surface area contributed by atoms with E-state index < -0.39 is 10.0 Å². The summed E-state index contributed by atoms with van der Waals surface area (Å²) in [6, 6.07) is 3.92. The molecule has 0 aliphatic rings. The summed E-state index contributed by atoms with van der Waals surface area (Å²) < 4.78 is 28.7. The number of thiophene rings is 1. The van der Waals surface area contributed by atoms with Crippen molar-refractivity contribution in [2.75, 3.05) is 6.54 Å². The topological polar surface area (TPSA) is 63.5 Å². The van der Waals surface area contributed by atoms with Gasteiger partial charge in [-0.2, -0.15) is 0 Å². The molecule has 9 heteroatoms. The molecule has 5 nitrogen and oxygen atoms in total. The fourth-order valence-electron chi connectivity index (χ4n) is 1.81. The monoisotopic (exact) mass is 347 g/mol. The minimum absolute atomic E-state index is 0.000439. The fourth-order valence-corrected chi connectivity index (χ4v) is 5.00. The van der Waals surface area contributed by atoms with E-state index in [1.54, 1.807) is 22.9 Å². The van der Waals surface area contributed by atoms with Crippen LogP contribution in [0.4, 0.5) is 0 Å². The van der Waals surface area contributed by atoms with Crippen LogP contribution in [0.1, 0.15) is 4.88 Å². The number of nitrogens with one attached hydrogen (secondary N) is 1. The van der Waals surface area contributed by atoms with Gasteiger partial charge in [-0.25, -0.2) is 18.1 Å². The Balaban J connectivity index is 1.81. The van der Waals surface area contributed by atoms with Crippen LogP contribution in [-0.2, 0) is 16.4 Å². The van der Waals surface area contributed by atoms with Gasteiger partial charge in [0, 0.05) is 23.0 Å². The number of thiazole rings is 1. The highest BCUT2D eigenvalue weighted by molar-refractivity contribution is 7.89. The first-order chi connectivity index (χ1) is 9.58. The highest BCUT2D eigenvalue weighted by Crippen LogP contribution is 2.25. The minimum atomic E-state index is -3.67. The van der Waals surface area contributed by atoms with Crippen LogP contribution >= 0.6 is 34.3 Å². The summed E-state index contributed by atoms with van der Waals surface area (Å²) in [5.41, 5.74) is 0. The Hall–Kier alpha value is -0.930. The molecule has 0 radical (unpaired) electrons. The van der Waals surface area contributed by atoms with Crippen molar-refractivity contribution in [3.63, 3.8) is 0 Å². The first-order valence-corrected chi connectivity index (χ1v) is 9.33. The summed E-state index contributed by atoms with van der Waals surface area (Å²) in [5.74, 6) is 0. The third-order valence-corrected chi connectivity index (χ3v) is 6.23. The number of aromatic nitrogens is 2. The van der Waals surface area contributed by atoms with E-state index in [0.717, 1.165) is 4.88 Å². The number of rotatable bonds is 5. The summed E-state index contributed by atoms with van der Waals surface area (Å²) >= 11 is 8.87. The lowest BCUT2D eigenvalue weighted by atomic mass is 10.3. The van der Waals surface area contributed by atoms with Crippen LogP contribution < -0.4 is 4.72 Å². The van der Waals surface area contributed by atoms with Gasteiger partial charge >= 0.3 is 0 Å². The van der Waals surface area contributed by atoms with Gasteiger partial charge in [0.25, 0.3) is 10.0 Å². The third kappa shape index (κ3) is 2.61. The van der Waals surface area contributed by atoms with Gasteiger partial charge in [-0.3, -0.25) is 4.40 Å². The van der Waals surface area contributed by atoms with E-state index in [4.69, 9.17) is 11.6 Å². The maximum atomic E-state index is 12.3. The van der Waals surface area contributed by atoms with Crippen LogP contribution in [0.5, 0.6) is 0 Å². The van der Waals surface area contributed by atoms with Crippen molar-refractivity contribution in [1.29, 1.82) is 0 Å². The van der Waals surface area contributed by atoms with E-state index in [9.17, 15) is 8.42 Å². The lowest BCUT2D eigenvalue weighted by molar-refractivity contribution is 0.577. The predicted molar refractivity (Wildman–Crippen MR) is 81.3 cm³/mol. The van der Waals surface area contributed by atoms with Crippen LogP contribution in [0.3, 0.4) is 0 Å². The molecule has 0 atom stereocenters. The van der Waals surface area contributed by atoms with Gasteiger partial charge in [0.1, 0.15) is 0 Å². The number of sulfonamides is 1. The first-order valence-electron chi connectivity index (χ1n) is 5.71. The zero-order chi connectivity index (χ0) is 14.2. The zero-order valence-electron chi connectivity index (χ0n) is 10.1. The predicted octanol–water partition coefficient (Wildman–Crippen LogP) is 2.63. The molecule has 3 aromatic heterocycles. The Morgan fingerprint density at radius 3 is 2.95 bits per heavy atom. The lowest BCUT2D eigenvalue weighted by Crippen LogP contribution is -2.27. The van der Waals surface area contributed by atoms with Crippen molar-refractivity contribution in [3.05, 3.63) is 39.1 Å². The molecule has 0 bridgehead atoms. The standard InChI is InChI=1S/C11H10ClN3O2S3/c12-9-10(15-5-7-19-11(15)14-9)20(16,17)13-4-3-8-2-1-6-18-8/h1-2,5-7,13H,3-4H2. The highest BCUT2D eigenvalue weighted by atomic mass is 35.5. The van der Waals surface area contributed by atoms with Gasteiger partial charge in [0.2, 0.25) is 0 Å². The number of hydrogen-bond donors (Lipinski definition) is 1. The summed E-state index contributed by atoms with van der Waals surface area (Å²) in [4.78, 5) is 5.72. The van der Waals surface area contributed by atoms with Crippen LogP contribution in [0.2, 0.25) is 5.15 Å². The number of halogens is 1. The number of imidazole rings is 1. The van der Waals surface area contributed by atoms with Crippen molar-refractivity contribution in [2.24, 2.45) is 0 Å². The van der Waals surface area contributed by atoms with Crippen molar-refractivity contribution < 1.29 is 8.42 Å². The van der Waals surface area contributed by atoms with Gasteiger partial charge in [-0.05, 0) is 17.9 Å². The molecule has 3 aromatic rings. The van der Waals surface area contributed by atoms with Crippen LogP contribution in [0, 0.1) is 0 Å². The maximum absolute atomic E-state index is 12.3. The molecular weight excluding hydrogens is 338 g/mol. The van der Waals surface area contributed by atoms with E-state index in [1.807, 2.05) is 17.5 Å². The molecule has 1 N–H and O–H groups in total. The molecule has 106 valence electrons. The van der Waals surface area contributed by atoms with Gasteiger partial charge in [0.15, 0.2) is 15.1 Å². The lowest BCUT2D eigenvalue weighted by Gasteiger charge is -2.05. The average Bonchev–Trinajstić information content (AvgIpc) is 3.04. The summed E-state index contributed by atoms with van der Waals surface area (Å²) in [5, 5.41) is 3.73. The normalized spacial score (nSPS) is 12.2. The maximum Gasteiger partial charge on any atom is 0.259 e. The zero-order valence-corrected chi connectivity index (χ0v) is 13.3.